The fourth-order valence-electron chi connectivity index (χ4n) is 7.30. The first-order chi connectivity index (χ1) is 33.5. The fraction of sp³-hybridized carbons (Fsp3) is 0.661. The highest BCUT2D eigenvalue weighted by Gasteiger charge is 2.19. The lowest BCUT2D eigenvalue weighted by Crippen LogP contribution is -2.30. The third-order valence-electron chi connectivity index (χ3n) is 11.5. The number of unbranched alkanes of at least 4 members (excludes halogenated alkanes) is 20. The Kier molecular flexibility index (Phi) is 52.4. The fourth-order valence-corrected chi connectivity index (χ4v) is 7.30. The molecule has 0 heterocycles. The molecular weight excluding hydrogens is 841 g/mol. The van der Waals surface area contributed by atoms with Gasteiger partial charge in [0.2, 0.25) is 0 Å². The van der Waals surface area contributed by atoms with E-state index in [4.69, 9.17) is 14.2 Å². The van der Waals surface area contributed by atoms with Crippen LogP contribution in [0.5, 0.6) is 0 Å². The molecule has 0 rings (SSSR count). The van der Waals surface area contributed by atoms with E-state index in [9.17, 15) is 14.4 Å². The SMILES string of the molecule is CC/C=C\C/C=C\C/C=C\C/C=C\C/C=C\CCCC(=O)OCC(COC(=O)CCCCCCC/C=C\C/C=C\CCCCCC)OC(=O)CCCCCCCCC/C=C\C/C=C\CCCCC. The van der Waals surface area contributed by atoms with Gasteiger partial charge in [0.25, 0.3) is 0 Å². The van der Waals surface area contributed by atoms with Crippen LogP contribution >= 0.6 is 0 Å². The summed E-state index contributed by atoms with van der Waals surface area (Å²) >= 11 is 0. The molecule has 0 aromatic carbocycles. The number of hydrogen-bond acceptors (Lipinski definition) is 6. The van der Waals surface area contributed by atoms with E-state index in [2.05, 4.69) is 130 Å². The van der Waals surface area contributed by atoms with Crippen molar-refractivity contribution in [1.82, 2.24) is 0 Å². The van der Waals surface area contributed by atoms with Crippen LogP contribution in [0.2, 0.25) is 0 Å². The molecule has 68 heavy (non-hydrogen) atoms. The summed E-state index contributed by atoms with van der Waals surface area (Å²) < 4.78 is 16.8. The highest BCUT2D eigenvalue weighted by Crippen LogP contribution is 2.13. The molecule has 0 aliphatic rings. The van der Waals surface area contributed by atoms with Gasteiger partial charge in [-0.3, -0.25) is 14.4 Å². The lowest BCUT2D eigenvalue weighted by molar-refractivity contribution is -0.167. The van der Waals surface area contributed by atoms with Gasteiger partial charge in [-0.05, 0) is 122 Å². The molecule has 1 unspecified atom stereocenters. The minimum absolute atomic E-state index is 0.108. The van der Waals surface area contributed by atoms with Crippen LogP contribution in [-0.2, 0) is 28.6 Å². The summed E-state index contributed by atoms with van der Waals surface area (Å²) in [5.74, 6) is -0.990. The summed E-state index contributed by atoms with van der Waals surface area (Å²) in [6.45, 7) is 6.41. The van der Waals surface area contributed by atoms with Crippen molar-refractivity contribution in [2.45, 2.75) is 252 Å². The highest BCUT2D eigenvalue weighted by atomic mass is 16.6. The molecule has 0 saturated heterocycles. The first kappa shape index (κ1) is 64.1. The molecule has 0 aliphatic carbocycles. The normalized spacial score (nSPS) is 12.9. The van der Waals surface area contributed by atoms with Crippen molar-refractivity contribution in [3.05, 3.63) is 109 Å². The van der Waals surface area contributed by atoms with E-state index in [-0.39, 0.29) is 37.5 Å². The maximum Gasteiger partial charge on any atom is 0.306 e. The quantitative estimate of drug-likeness (QED) is 0.0262. The Hall–Kier alpha value is -3.93. The Morgan fingerprint density at radius 2 is 0.588 bits per heavy atom. The van der Waals surface area contributed by atoms with E-state index in [1.54, 1.807) is 0 Å². The first-order valence-corrected chi connectivity index (χ1v) is 27.9. The molecule has 0 bridgehead atoms. The Morgan fingerprint density at radius 1 is 0.309 bits per heavy atom. The van der Waals surface area contributed by atoms with Crippen molar-refractivity contribution in [1.29, 1.82) is 0 Å². The smallest absolute Gasteiger partial charge is 0.306 e. The maximum atomic E-state index is 12.8. The molecule has 0 fully saturated rings. The van der Waals surface area contributed by atoms with Gasteiger partial charge in [-0.25, -0.2) is 0 Å². The summed E-state index contributed by atoms with van der Waals surface area (Å²) in [4.78, 5) is 38.1. The Morgan fingerprint density at radius 3 is 0.985 bits per heavy atom. The molecule has 0 amide bonds. The molecule has 6 heteroatoms. The predicted octanol–water partition coefficient (Wildman–Crippen LogP) is 18.7. The first-order valence-electron chi connectivity index (χ1n) is 27.9. The van der Waals surface area contributed by atoms with Crippen LogP contribution in [0, 0.1) is 0 Å². The molecule has 386 valence electrons. The van der Waals surface area contributed by atoms with Gasteiger partial charge in [0.15, 0.2) is 6.10 Å². The van der Waals surface area contributed by atoms with Gasteiger partial charge in [0.1, 0.15) is 13.2 Å². The second kappa shape index (κ2) is 55.7. The number of allylic oxidation sites excluding steroid dienone is 18. The van der Waals surface area contributed by atoms with Crippen LogP contribution in [0.1, 0.15) is 245 Å². The van der Waals surface area contributed by atoms with Crippen LogP contribution in [-0.4, -0.2) is 37.2 Å². The highest BCUT2D eigenvalue weighted by molar-refractivity contribution is 5.71. The molecule has 0 spiro atoms. The Balaban J connectivity index is 4.53. The number of carbonyl (C=O) groups is 3. The second-order valence-electron chi connectivity index (χ2n) is 18.1. The number of ether oxygens (including phenoxy) is 3. The van der Waals surface area contributed by atoms with Crippen molar-refractivity contribution in [2.75, 3.05) is 13.2 Å². The predicted molar refractivity (Wildman–Crippen MR) is 293 cm³/mol. The van der Waals surface area contributed by atoms with Gasteiger partial charge in [-0.15, -0.1) is 0 Å². The minimum atomic E-state index is -0.813. The van der Waals surface area contributed by atoms with Crippen LogP contribution in [0.25, 0.3) is 0 Å². The van der Waals surface area contributed by atoms with Crippen molar-refractivity contribution >= 4 is 17.9 Å². The van der Waals surface area contributed by atoms with Gasteiger partial charge in [0, 0.05) is 19.3 Å². The monoisotopic (exact) mass is 943 g/mol. The summed E-state index contributed by atoms with van der Waals surface area (Å²) in [5, 5.41) is 0. The molecular formula is C62H102O6. The average molecular weight is 943 g/mol. The summed E-state index contributed by atoms with van der Waals surface area (Å²) in [6.07, 6.45) is 75.0. The van der Waals surface area contributed by atoms with Gasteiger partial charge in [-0.2, -0.15) is 0 Å². The van der Waals surface area contributed by atoms with E-state index in [0.717, 1.165) is 116 Å². The van der Waals surface area contributed by atoms with Crippen LogP contribution in [0.4, 0.5) is 0 Å². The number of hydrogen-bond donors (Lipinski definition) is 0. The standard InChI is InChI=1S/C62H102O6/c1-4-7-10-13-16-19-22-25-28-31-34-37-40-43-46-49-52-55-61(64)67-58-59(57-66-60(63)54-51-48-45-42-39-36-33-30-27-24-21-18-15-12-9-6-3)68-62(65)56-53-50-47-44-41-38-35-32-29-26-23-20-17-14-11-8-5-2/h7,10,16-17,19-21,24-26,28-30,33-34,37,43,46,59H,4-6,8-9,11-15,18,22-23,27,31-32,35-36,38-42,44-45,47-58H2,1-3H3/b10-7-,19-16-,20-17-,24-21-,28-25-,29-26-,33-30-,37-34-,46-43-. The molecule has 0 aromatic rings. The van der Waals surface area contributed by atoms with Crippen molar-refractivity contribution in [3.63, 3.8) is 0 Å². The third kappa shape index (κ3) is 53.0. The van der Waals surface area contributed by atoms with Gasteiger partial charge in [0.05, 0.1) is 0 Å². The number of rotatable bonds is 49. The molecule has 0 radical (unpaired) electrons. The Bertz CT molecular complexity index is 1410. The average Bonchev–Trinajstić information content (AvgIpc) is 3.34. The van der Waals surface area contributed by atoms with E-state index < -0.39 is 6.10 Å². The van der Waals surface area contributed by atoms with E-state index in [1.165, 1.54) is 83.5 Å². The number of esters is 3. The lowest BCUT2D eigenvalue weighted by atomic mass is 10.1. The van der Waals surface area contributed by atoms with E-state index in [1.807, 2.05) is 0 Å². The molecule has 0 saturated carbocycles. The topological polar surface area (TPSA) is 78.9 Å². The minimum Gasteiger partial charge on any atom is -0.462 e. The summed E-state index contributed by atoms with van der Waals surface area (Å²) in [6, 6.07) is 0. The van der Waals surface area contributed by atoms with Crippen LogP contribution in [0.3, 0.4) is 0 Å². The number of carbonyl (C=O) groups excluding carboxylic acids is 3. The summed E-state index contributed by atoms with van der Waals surface area (Å²) in [7, 11) is 0. The van der Waals surface area contributed by atoms with Gasteiger partial charge in [-0.1, -0.05) is 214 Å². The molecule has 0 aliphatic heterocycles. The third-order valence-corrected chi connectivity index (χ3v) is 11.5. The van der Waals surface area contributed by atoms with Gasteiger partial charge < -0.3 is 14.2 Å². The molecule has 0 N–H and O–H groups in total. The van der Waals surface area contributed by atoms with E-state index in [0.29, 0.717) is 19.3 Å². The maximum absolute atomic E-state index is 12.8. The zero-order valence-corrected chi connectivity index (χ0v) is 44.1. The van der Waals surface area contributed by atoms with Crippen LogP contribution in [0.15, 0.2) is 109 Å². The van der Waals surface area contributed by atoms with Crippen molar-refractivity contribution < 1.29 is 28.6 Å². The molecule has 1 atom stereocenters. The second-order valence-corrected chi connectivity index (χ2v) is 18.1. The van der Waals surface area contributed by atoms with Crippen molar-refractivity contribution in [2.24, 2.45) is 0 Å². The van der Waals surface area contributed by atoms with E-state index >= 15 is 0 Å². The van der Waals surface area contributed by atoms with Crippen LogP contribution < -0.4 is 0 Å². The molecule has 6 nitrogen and oxygen atoms in total. The summed E-state index contributed by atoms with van der Waals surface area (Å²) in [5.41, 5.74) is 0. The molecule has 0 aromatic heterocycles. The largest absolute Gasteiger partial charge is 0.462 e. The zero-order chi connectivity index (χ0) is 49.3. The van der Waals surface area contributed by atoms with Gasteiger partial charge >= 0.3 is 17.9 Å². The van der Waals surface area contributed by atoms with Crippen molar-refractivity contribution in [3.8, 4) is 0 Å². The Labute approximate surface area is 419 Å². The lowest BCUT2D eigenvalue weighted by Gasteiger charge is -2.18. The zero-order valence-electron chi connectivity index (χ0n) is 44.1.